The van der Waals surface area contributed by atoms with E-state index in [1.54, 1.807) is 49.5 Å². The Hall–Kier alpha value is -3.35. The topological polar surface area (TPSA) is 91.7 Å². The van der Waals surface area contributed by atoms with Crippen LogP contribution in [0.3, 0.4) is 0 Å². The van der Waals surface area contributed by atoms with Gasteiger partial charge in [0.15, 0.2) is 5.92 Å². The highest BCUT2D eigenvalue weighted by atomic mass is 16.2. The summed E-state index contributed by atoms with van der Waals surface area (Å²) in [5, 5.41) is 2.19. The first kappa shape index (κ1) is 15.5. The number of hydrogen-bond donors (Lipinski definition) is 1. The number of para-hydroxylation sites is 1. The zero-order valence-electron chi connectivity index (χ0n) is 12.8. The number of hydrogen-bond acceptors (Lipinski definition) is 5. The minimum Gasteiger partial charge on any atom is -0.276 e. The number of carbonyl (C=O) groups is 3. The summed E-state index contributed by atoms with van der Waals surface area (Å²) in [6, 6.07) is 9.58. The predicted octanol–water partition coefficient (Wildman–Crippen LogP) is 1.99. The Bertz CT molecular complexity index is 833. The molecule has 1 atom stereocenters. The van der Waals surface area contributed by atoms with Crippen molar-refractivity contribution in [2.75, 3.05) is 4.90 Å². The monoisotopic (exact) mass is 322 g/mol. The summed E-state index contributed by atoms with van der Waals surface area (Å²) in [4.78, 5) is 45.8. The minimum absolute atomic E-state index is 0.437. The minimum atomic E-state index is -1.18. The van der Waals surface area contributed by atoms with E-state index in [0.717, 1.165) is 10.5 Å². The summed E-state index contributed by atoms with van der Waals surface area (Å²) in [6.45, 7) is 1.78. The average molecular weight is 322 g/mol. The second-order valence-electron chi connectivity index (χ2n) is 5.22. The number of urea groups is 1. The normalized spacial score (nSPS) is 18.1. The van der Waals surface area contributed by atoms with Gasteiger partial charge < -0.3 is 0 Å². The molecule has 7 heteroatoms. The van der Waals surface area contributed by atoms with E-state index in [1.807, 2.05) is 0 Å². The van der Waals surface area contributed by atoms with Gasteiger partial charge in [0.25, 0.3) is 5.91 Å². The molecule has 0 unspecified atom stereocenters. The van der Waals surface area contributed by atoms with Crippen LogP contribution in [-0.4, -0.2) is 29.0 Å². The Morgan fingerprint density at radius 3 is 2.67 bits per heavy atom. The Kier molecular flexibility index (Phi) is 4.15. The Morgan fingerprint density at radius 2 is 1.96 bits per heavy atom. The second kappa shape index (κ2) is 6.41. The third-order valence-electron chi connectivity index (χ3n) is 3.58. The van der Waals surface area contributed by atoms with Crippen molar-refractivity contribution in [3.05, 3.63) is 54.4 Å². The van der Waals surface area contributed by atoms with Gasteiger partial charge in [0, 0.05) is 12.4 Å². The van der Waals surface area contributed by atoms with Gasteiger partial charge in [0.1, 0.15) is 0 Å². The van der Waals surface area contributed by atoms with Crippen LogP contribution in [0.15, 0.2) is 53.8 Å². The van der Waals surface area contributed by atoms with Crippen LogP contribution in [0.1, 0.15) is 5.56 Å². The summed E-state index contributed by atoms with van der Waals surface area (Å²) < 4.78 is 0. The third-order valence-corrected chi connectivity index (χ3v) is 3.58. The van der Waals surface area contributed by atoms with Crippen molar-refractivity contribution < 1.29 is 14.4 Å². The van der Waals surface area contributed by atoms with Crippen LogP contribution >= 0.6 is 0 Å². The van der Waals surface area contributed by atoms with Crippen molar-refractivity contribution in [2.45, 2.75) is 6.92 Å². The maximum Gasteiger partial charge on any atom is 0.335 e. The maximum absolute atomic E-state index is 12.7. The first-order valence-corrected chi connectivity index (χ1v) is 7.26. The molecular formula is C17H14N4O3. The summed E-state index contributed by atoms with van der Waals surface area (Å²) in [7, 11) is 0. The van der Waals surface area contributed by atoms with Crippen LogP contribution in [0.4, 0.5) is 16.2 Å². The zero-order valence-corrected chi connectivity index (χ0v) is 12.8. The lowest BCUT2D eigenvalue weighted by molar-refractivity contribution is -0.131. The highest BCUT2D eigenvalue weighted by molar-refractivity contribution is 6.32. The highest BCUT2D eigenvalue weighted by Crippen LogP contribution is 2.24. The van der Waals surface area contributed by atoms with E-state index in [9.17, 15) is 14.4 Å². The fourth-order valence-corrected chi connectivity index (χ4v) is 2.35. The van der Waals surface area contributed by atoms with Gasteiger partial charge >= 0.3 is 6.03 Å². The van der Waals surface area contributed by atoms with Crippen LogP contribution in [0.25, 0.3) is 0 Å². The summed E-state index contributed by atoms with van der Waals surface area (Å²) in [6.07, 6.45) is 4.33. The Labute approximate surface area is 138 Å². The van der Waals surface area contributed by atoms with Gasteiger partial charge in [-0.1, -0.05) is 18.2 Å². The van der Waals surface area contributed by atoms with Gasteiger partial charge in [0.05, 0.1) is 17.6 Å². The van der Waals surface area contributed by atoms with Crippen molar-refractivity contribution in [3.8, 4) is 0 Å². The molecule has 4 amide bonds. The summed E-state index contributed by atoms with van der Waals surface area (Å²) in [5.74, 6) is -2.50. The lowest BCUT2D eigenvalue weighted by Crippen LogP contribution is -2.58. The molecule has 1 fully saturated rings. The Balaban J connectivity index is 1.92. The van der Waals surface area contributed by atoms with E-state index in [0.29, 0.717) is 11.4 Å². The molecule has 1 aromatic heterocycles. The molecule has 0 radical (unpaired) electrons. The fourth-order valence-electron chi connectivity index (χ4n) is 2.35. The number of nitrogens with zero attached hydrogens (tertiary/aromatic N) is 3. The summed E-state index contributed by atoms with van der Waals surface area (Å²) >= 11 is 0. The SMILES string of the molecule is Cc1ccccc1N1C(=O)NC(=O)[C@@H](C=Nc2cccnc2)C1=O. The average Bonchev–Trinajstić information content (AvgIpc) is 2.57. The first-order valence-electron chi connectivity index (χ1n) is 7.26. The molecule has 1 aliphatic heterocycles. The highest BCUT2D eigenvalue weighted by Gasteiger charge is 2.40. The standard InChI is InChI=1S/C17H14N4O3/c1-11-5-2-3-7-14(11)21-16(23)13(15(22)20-17(21)24)10-19-12-6-4-8-18-9-12/h2-10,13H,1H3,(H,20,22,24)/t13-/m1/s1. The van der Waals surface area contributed by atoms with E-state index in [2.05, 4.69) is 15.3 Å². The third kappa shape index (κ3) is 2.91. The van der Waals surface area contributed by atoms with Crippen LogP contribution < -0.4 is 10.2 Å². The molecule has 0 aliphatic carbocycles. The fraction of sp³-hybridized carbons (Fsp3) is 0.118. The maximum atomic E-state index is 12.7. The molecule has 24 heavy (non-hydrogen) atoms. The van der Waals surface area contributed by atoms with Gasteiger partial charge in [-0.05, 0) is 30.7 Å². The molecule has 0 saturated carbocycles. The molecule has 1 N–H and O–H groups in total. The first-order chi connectivity index (χ1) is 11.6. The van der Waals surface area contributed by atoms with Gasteiger partial charge in [-0.2, -0.15) is 0 Å². The van der Waals surface area contributed by atoms with Crippen LogP contribution in [0, 0.1) is 12.8 Å². The Morgan fingerprint density at radius 1 is 1.17 bits per heavy atom. The van der Waals surface area contributed by atoms with Gasteiger partial charge in [-0.25, -0.2) is 9.69 Å². The van der Waals surface area contributed by atoms with E-state index in [-0.39, 0.29) is 0 Å². The van der Waals surface area contributed by atoms with E-state index in [1.165, 1.54) is 12.4 Å². The van der Waals surface area contributed by atoms with Crippen LogP contribution in [0.2, 0.25) is 0 Å². The number of amides is 4. The molecule has 3 rings (SSSR count). The number of pyridine rings is 1. The second-order valence-corrected chi connectivity index (χ2v) is 5.22. The quantitative estimate of drug-likeness (QED) is 0.691. The molecule has 120 valence electrons. The largest absolute Gasteiger partial charge is 0.335 e. The predicted molar refractivity (Wildman–Crippen MR) is 88.1 cm³/mol. The smallest absolute Gasteiger partial charge is 0.276 e. The zero-order chi connectivity index (χ0) is 17.1. The number of imide groups is 2. The molecular weight excluding hydrogens is 308 g/mol. The van der Waals surface area contributed by atoms with Gasteiger partial charge in [-0.3, -0.25) is 24.9 Å². The van der Waals surface area contributed by atoms with Crippen molar-refractivity contribution in [1.29, 1.82) is 0 Å². The number of aryl methyl sites for hydroxylation is 1. The van der Waals surface area contributed by atoms with Crippen LogP contribution in [-0.2, 0) is 9.59 Å². The molecule has 2 aromatic rings. The molecule has 0 spiro atoms. The number of aromatic nitrogens is 1. The molecule has 7 nitrogen and oxygen atoms in total. The molecule has 2 heterocycles. The number of carbonyl (C=O) groups excluding carboxylic acids is 3. The lowest BCUT2D eigenvalue weighted by atomic mass is 10.0. The molecule has 1 aromatic carbocycles. The van der Waals surface area contributed by atoms with Gasteiger partial charge in [-0.15, -0.1) is 0 Å². The molecule has 1 aliphatic rings. The van der Waals surface area contributed by atoms with Crippen molar-refractivity contribution in [1.82, 2.24) is 10.3 Å². The number of anilines is 1. The number of nitrogens with one attached hydrogen (secondary N) is 1. The summed E-state index contributed by atoms with van der Waals surface area (Å²) in [5.41, 5.74) is 1.70. The lowest BCUT2D eigenvalue weighted by Gasteiger charge is -2.29. The molecule has 1 saturated heterocycles. The van der Waals surface area contributed by atoms with E-state index >= 15 is 0 Å². The number of rotatable bonds is 3. The number of barbiturate groups is 1. The number of benzene rings is 1. The van der Waals surface area contributed by atoms with Crippen LogP contribution in [0.5, 0.6) is 0 Å². The van der Waals surface area contributed by atoms with Crippen molar-refractivity contribution in [2.24, 2.45) is 10.9 Å². The number of aliphatic imine (C=N–C) groups is 1. The van der Waals surface area contributed by atoms with Crippen molar-refractivity contribution in [3.63, 3.8) is 0 Å². The van der Waals surface area contributed by atoms with E-state index < -0.39 is 23.8 Å². The molecule has 0 bridgehead atoms. The van der Waals surface area contributed by atoms with Crippen molar-refractivity contribution >= 4 is 35.4 Å². The van der Waals surface area contributed by atoms with E-state index in [4.69, 9.17) is 0 Å². The van der Waals surface area contributed by atoms with Gasteiger partial charge in [0.2, 0.25) is 5.91 Å².